The van der Waals surface area contributed by atoms with Gasteiger partial charge in [0.05, 0.1) is 10.1 Å². The predicted octanol–water partition coefficient (Wildman–Crippen LogP) is 3.72. The van der Waals surface area contributed by atoms with Crippen molar-refractivity contribution >= 4 is 43.8 Å². The number of cyclic esters (lactones) is 1. The largest absolute Gasteiger partial charge is 0.454 e. The number of esters is 2. The molecule has 0 bridgehead atoms. The first-order valence-electron chi connectivity index (χ1n) is 5.74. The van der Waals surface area contributed by atoms with Gasteiger partial charge in [0.1, 0.15) is 6.10 Å². The number of hydrogen-bond acceptors (Lipinski definition) is 4. The molecule has 0 radical (unpaired) electrons. The van der Waals surface area contributed by atoms with Crippen LogP contribution in [0.15, 0.2) is 33.0 Å². The Morgan fingerprint density at radius 1 is 1.58 bits per heavy atom. The second-order valence-electron chi connectivity index (χ2n) is 3.90. The van der Waals surface area contributed by atoms with Gasteiger partial charge in [0, 0.05) is 10.6 Å². The normalized spacial score (nSPS) is 19.1. The van der Waals surface area contributed by atoms with Gasteiger partial charge in [-0.25, -0.2) is 9.59 Å². The van der Waals surface area contributed by atoms with Crippen LogP contribution in [0, 0.1) is 0 Å². The van der Waals surface area contributed by atoms with Crippen molar-refractivity contribution in [2.75, 3.05) is 0 Å². The Bertz CT molecular complexity index is 473. The molecule has 0 saturated carbocycles. The molecule has 0 aliphatic carbocycles. The van der Waals surface area contributed by atoms with E-state index >= 15 is 0 Å². The van der Waals surface area contributed by atoms with Crippen LogP contribution in [0.1, 0.15) is 26.7 Å². The van der Waals surface area contributed by atoms with Crippen molar-refractivity contribution < 1.29 is 19.1 Å². The number of allylic oxidation sites excluding steroid dienone is 2. The Hall–Kier alpha value is -0.880. The molecule has 6 heteroatoms. The van der Waals surface area contributed by atoms with E-state index < -0.39 is 18.0 Å². The highest BCUT2D eigenvalue weighted by Gasteiger charge is 2.36. The SMILES string of the molecule is C=CC(=O)OC(CCC)C1=C(Br)/C(=C(\C)Br)OC1=O. The van der Waals surface area contributed by atoms with Crippen LogP contribution in [0.4, 0.5) is 0 Å². The lowest BCUT2D eigenvalue weighted by atomic mass is 10.1. The zero-order chi connectivity index (χ0) is 14.6. The van der Waals surface area contributed by atoms with Crippen LogP contribution in [0.2, 0.25) is 0 Å². The monoisotopic (exact) mass is 392 g/mol. The molecule has 1 atom stereocenters. The number of ether oxygens (including phenoxy) is 2. The minimum Gasteiger partial charge on any atom is -0.454 e. The number of carbonyl (C=O) groups is 2. The summed E-state index contributed by atoms with van der Waals surface area (Å²) in [5.41, 5.74) is 0.325. The molecule has 1 aliphatic rings. The fourth-order valence-corrected chi connectivity index (χ4v) is 2.95. The van der Waals surface area contributed by atoms with Crippen LogP contribution in [0.5, 0.6) is 0 Å². The van der Waals surface area contributed by atoms with Crippen LogP contribution in [0.25, 0.3) is 0 Å². The molecule has 104 valence electrons. The second kappa shape index (κ2) is 7.05. The van der Waals surface area contributed by atoms with Crippen molar-refractivity contribution in [3.05, 3.63) is 33.0 Å². The second-order valence-corrected chi connectivity index (χ2v) is 5.88. The Balaban J connectivity index is 3.14. The summed E-state index contributed by atoms with van der Waals surface area (Å²) in [6.45, 7) is 7.05. The maximum absolute atomic E-state index is 11.9. The van der Waals surface area contributed by atoms with Gasteiger partial charge in [-0.2, -0.15) is 0 Å². The average Bonchev–Trinajstić information content (AvgIpc) is 2.64. The van der Waals surface area contributed by atoms with Gasteiger partial charge in [-0.1, -0.05) is 35.9 Å². The molecule has 0 amide bonds. The lowest BCUT2D eigenvalue weighted by Gasteiger charge is -2.15. The molecule has 0 aromatic heterocycles. The van der Waals surface area contributed by atoms with Crippen molar-refractivity contribution in [1.82, 2.24) is 0 Å². The zero-order valence-corrected chi connectivity index (χ0v) is 13.8. The first-order valence-corrected chi connectivity index (χ1v) is 7.32. The summed E-state index contributed by atoms with van der Waals surface area (Å²) in [4.78, 5) is 23.2. The highest BCUT2D eigenvalue weighted by molar-refractivity contribution is 9.12. The zero-order valence-electron chi connectivity index (χ0n) is 10.7. The third kappa shape index (κ3) is 3.79. The number of hydrogen-bond donors (Lipinski definition) is 0. The van der Waals surface area contributed by atoms with E-state index in [9.17, 15) is 9.59 Å². The molecule has 19 heavy (non-hydrogen) atoms. The third-order valence-electron chi connectivity index (χ3n) is 2.46. The molecule has 0 N–H and O–H groups in total. The van der Waals surface area contributed by atoms with E-state index in [2.05, 4.69) is 38.4 Å². The summed E-state index contributed by atoms with van der Waals surface area (Å²) >= 11 is 6.59. The van der Waals surface area contributed by atoms with Crippen LogP contribution >= 0.6 is 31.9 Å². The summed E-state index contributed by atoms with van der Waals surface area (Å²) in [7, 11) is 0. The average molecular weight is 394 g/mol. The summed E-state index contributed by atoms with van der Waals surface area (Å²) in [6.07, 6.45) is 1.73. The molecule has 0 fully saturated rings. The van der Waals surface area contributed by atoms with Gasteiger partial charge >= 0.3 is 11.9 Å². The van der Waals surface area contributed by atoms with E-state index in [4.69, 9.17) is 9.47 Å². The topological polar surface area (TPSA) is 52.6 Å². The van der Waals surface area contributed by atoms with E-state index in [0.717, 1.165) is 12.5 Å². The molecule has 1 heterocycles. The van der Waals surface area contributed by atoms with Crippen LogP contribution in [-0.4, -0.2) is 18.0 Å². The molecule has 0 aromatic carbocycles. The maximum atomic E-state index is 11.9. The smallest absolute Gasteiger partial charge is 0.344 e. The fourth-order valence-electron chi connectivity index (χ4n) is 1.61. The number of rotatable bonds is 5. The minimum atomic E-state index is -0.637. The summed E-state index contributed by atoms with van der Waals surface area (Å²) in [5, 5.41) is 0. The van der Waals surface area contributed by atoms with Gasteiger partial charge in [-0.05, 0) is 29.3 Å². The van der Waals surface area contributed by atoms with Crippen LogP contribution in [-0.2, 0) is 19.1 Å². The predicted molar refractivity (Wildman–Crippen MR) is 78.7 cm³/mol. The van der Waals surface area contributed by atoms with Gasteiger partial charge < -0.3 is 9.47 Å². The number of carbonyl (C=O) groups excluding carboxylic acids is 2. The quantitative estimate of drug-likeness (QED) is 0.527. The summed E-state index contributed by atoms with van der Waals surface area (Å²) < 4.78 is 11.6. The molecule has 1 unspecified atom stereocenters. The molecule has 0 saturated heterocycles. The lowest BCUT2D eigenvalue weighted by molar-refractivity contribution is -0.143. The van der Waals surface area contributed by atoms with E-state index in [1.807, 2.05) is 6.92 Å². The van der Waals surface area contributed by atoms with Gasteiger partial charge in [-0.15, -0.1) is 0 Å². The van der Waals surface area contributed by atoms with E-state index in [-0.39, 0.29) is 0 Å². The van der Waals surface area contributed by atoms with Gasteiger partial charge in [-0.3, -0.25) is 0 Å². The lowest BCUT2D eigenvalue weighted by Crippen LogP contribution is -2.23. The molecule has 4 nitrogen and oxygen atoms in total. The molecular formula is C13H14Br2O4. The Labute approximate surface area is 128 Å². The first-order chi connectivity index (χ1) is 8.92. The standard InChI is InChI=1S/C13H14Br2O4/c1-4-6-8(18-9(16)5-2)10-11(15)12(7(3)14)19-13(10)17/h5,8H,2,4,6H2,1,3H3/b12-7-. The minimum absolute atomic E-state index is 0.325. The molecule has 1 rings (SSSR count). The first kappa shape index (κ1) is 16.2. The molecule has 1 aliphatic heterocycles. The van der Waals surface area contributed by atoms with Crippen molar-refractivity contribution in [2.45, 2.75) is 32.8 Å². The van der Waals surface area contributed by atoms with E-state index in [1.165, 1.54) is 0 Å². The van der Waals surface area contributed by atoms with Crippen LogP contribution in [0.3, 0.4) is 0 Å². The fraction of sp³-hybridized carbons (Fsp3) is 0.385. The van der Waals surface area contributed by atoms with Crippen LogP contribution < -0.4 is 0 Å². The molecule has 0 spiro atoms. The summed E-state index contributed by atoms with van der Waals surface area (Å²) in [5.74, 6) is -0.654. The van der Waals surface area contributed by atoms with Crippen molar-refractivity contribution in [2.24, 2.45) is 0 Å². The molecular weight excluding hydrogens is 380 g/mol. The van der Waals surface area contributed by atoms with E-state index in [0.29, 0.717) is 26.7 Å². The Morgan fingerprint density at radius 3 is 2.63 bits per heavy atom. The Morgan fingerprint density at radius 2 is 2.21 bits per heavy atom. The highest BCUT2D eigenvalue weighted by atomic mass is 79.9. The number of halogens is 2. The maximum Gasteiger partial charge on any atom is 0.344 e. The van der Waals surface area contributed by atoms with E-state index in [1.54, 1.807) is 6.92 Å². The Kier molecular flexibility index (Phi) is 6.00. The van der Waals surface area contributed by atoms with Gasteiger partial charge in [0.2, 0.25) is 0 Å². The highest BCUT2D eigenvalue weighted by Crippen LogP contribution is 2.37. The van der Waals surface area contributed by atoms with Crippen molar-refractivity contribution in [3.8, 4) is 0 Å². The van der Waals surface area contributed by atoms with Gasteiger partial charge in [0.25, 0.3) is 0 Å². The van der Waals surface area contributed by atoms with Crippen molar-refractivity contribution in [3.63, 3.8) is 0 Å². The third-order valence-corrected chi connectivity index (χ3v) is 3.61. The summed E-state index contributed by atoms with van der Waals surface area (Å²) in [6, 6.07) is 0. The molecule has 0 aromatic rings. The van der Waals surface area contributed by atoms with Crippen molar-refractivity contribution in [1.29, 1.82) is 0 Å². The van der Waals surface area contributed by atoms with Gasteiger partial charge in [0.15, 0.2) is 5.76 Å².